The molecule has 1 fully saturated rings. The van der Waals surface area contributed by atoms with E-state index in [1.165, 1.54) is 18.2 Å². The first-order valence-electron chi connectivity index (χ1n) is 8.67. The number of halogens is 1. The molecule has 0 aliphatic carbocycles. The number of aliphatic imine (C=N–C) groups is 1. The molecule has 0 bridgehead atoms. The number of amides is 1. The number of benzene rings is 2. The lowest BCUT2D eigenvalue weighted by Gasteiger charge is -2.14. The number of aryl methyl sites for hydroxylation is 1. The van der Waals surface area contributed by atoms with Crippen molar-refractivity contribution in [1.82, 2.24) is 5.32 Å². The van der Waals surface area contributed by atoms with Crippen molar-refractivity contribution in [1.29, 1.82) is 0 Å². The van der Waals surface area contributed by atoms with Crippen LogP contribution >= 0.6 is 0 Å². The van der Waals surface area contributed by atoms with E-state index in [0.717, 1.165) is 30.7 Å². The Labute approximate surface area is 152 Å². The molecule has 3 rings (SSSR count). The van der Waals surface area contributed by atoms with Gasteiger partial charge in [0, 0.05) is 17.9 Å². The molecule has 0 saturated carbocycles. The van der Waals surface area contributed by atoms with Crippen LogP contribution in [0.3, 0.4) is 0 Å². The standard InChI is InChI=1S/C20H22FN3O2/c1-14-6-2-3-10-18(14)23-20(22-13-17-9-5-11-26-17)24-19(25)15-7-4-8-16(21)12-15/h2-4,6-8,10,12,17H,5,9,11,13H2,1H3,(H2,22,23,24,25)/t17-/m0/s1. The largest absolute Gasteiger partial charge is 0.376 e. The highest BCUT2D eigenvalue weighted by Crippen LogP contribution is 2.14. The zero-order valence-electron chi connectivity index (χ0n) is 14.7. The molecule has 0 radical (unpaired) electrons. The van der Waals surface area contributed by atoms with Gasteiger partial charge in [-0.15, -0.1) is 0 Å². The highest BCUT2D eigenvalue weighted by Gasteiger charge is 2.16. The van der Waals surface area contributed by atoms with Gasteiger partial charge in [0.25, 0.3) is 5.91 Å². The van der Waals surface area contributed by atoms with E-state index in [1.54, 1.807) is 6.07 Å². The van der Waals surface area contributed by atoms with E-state index in [0.29, 0.717) is 12.5 Å². The van der Waals surface area contributed by atoms with Gasteiger partial charge < -0.3 is 10.1 Å². The minimum absolute atomic E-state index is 0.0646. The number of carbonyl (C=O) groups is 1. The number of hydrogen-bond acceptors (Lipinski definition) is 3. The highest BCUT2D eigenvalue weighted by molar-refractivity contribution is 6.10. The summed E-state index contributed by atoms with van der Waals surface area (Å²) in [5, 5.41) is 5.89. The summed E-state index contributed by atoms with van der Waals surface area (Å²) in [5.41, 5.74) is 2.11. The maximum absolute atomic E-state index is 13.4. The number of para-hydroxylation sites is 1. The molecule has 26 heavy (non-hydrogen) atoms. The van der Waals surface area contributed by atoms with Gasteiger partial charge in [0.2, 0.25) is 5.96 Å². The summed E-state index contributed by atoms with van der Waals surface area (Å²) in [6.45, 7) is 3.17. The SMILES string of the molecule is Cc1ccccc1NC(=NC[C@@H]1CCCO1)NC(=O)c1cccc(F)c1. The van der Waals surface area contributed by atoms with Crippen molar-refractivity contribution in [3.05, 3.63) is 65.5 Å². The van der Waals surface area contributed by atoms with Crippen molar-refractivity contribution < 1.29 is 13.9 Å². The lowest BCUT2D eigenvalue weighted by atomic mass is 10.2. The predicted molar refractivity (Wildman–Crippen MR) is 99.9 cm³/mol. The van der Waals surface area contributed by atoms with Crippen LogP contribution in [0, 0.1) is 12.7 Å². The van der Waals surface area contributed by atoms with Crippen LogP contribution in [-0.2, 0) is 4.74 Å². The smallest absolute Gasteiger partial charge is 0.258 e. The minimum atomic E-state index is -0.456. The Balaban J connectivity index is 1.76. The summed E-state index contributed by atoms with van der Waals surface area (Å²) >= 11 is 0. The van der Waals surface area contributed by atoms with E-state index < -0.39 is 11.7 Å². The number of rotatable bonds is 4. The fourth-order valence-corrected chi connectivity index (χ4v) is 2.74. The fraction of sp³-hybridized carbons (Fsp3) is 0.300. The van der Waals surface area contributed by atoms with Crippen molar-refractivity contribution in [2.24, 2.45) is 4.99 Å². The molecule has 5 nitrogen and oxygen atoms in total. The zero-order valence-corrected chi connectivity index (χ0v) is 14.7. The third-order valence-electron chi connectivity index (χ3n) is 4.19. The molecule has 0 spiro atoms. The van der Waals surface area contributed by atoms with E-state index in [2.05, 4.69) is 15.6 Å². The Morgan fingerprint density at radius 2 is 2.12 bits per heavy atom. The van der Waals surface area contributed by atoms with Crippen LogP contribution in [0.5, 0.6) is 0 Å². The van der Waals surface area contributed by atoms with Gasteiger partial charge in [-0.25, -0.2) is 9.38 Å². The number of carbonyl (C=O) groups excluding carboxylic acids is 1. The number of hydrogen-bond donors (Lipinski definition) is 2. The summed E-state index contributed by atoms with van der Waals surface area (Å²) in [6.07, 6.45) is 2.05. The zero-order chi connectivity index (χ0) is 18.4. The van der Waals surface area contributed by atoms with Gasteiger partial charge in [-0.3, -0.25) is 10.1 Å². The van der Waals surface area contributed by atoms with Gasteiger partial charge in [-0.1, -0.05) is 24.3 Å². The first-order valence-corrected chi connectivity index (χ1v) is 8.67. The van der Waals surface area contributed by atoms with Crippen molar-refractivity contribution >= 4 is 17.6 Å². The van der Waals surface area contributed by atoms with Crippen LogP contribution in [0.4, 0.5) is 10.1 Å². The molecule has 1 aliphatic heterocycles. The molecule has 2 aromatic rings. The van der Waals surface area contributed by atoms with Gasteiger partial charge in [0.15, 0.2) is 0 Å². The second-order valence-corrected chi connectivity index (χ2v) is 6.23. The quantitative estimate of drug-likeness (QED) is 0.652. The number of anilines is 1. The molecule has 0 unspecified atom stereocenters. The Hall–Kier alpha value is -2.73. The van der Waals surface area contributed by atoms with Crippen molar-refractivity contribution in [3.8, 4) is 0 Å². The molecule has 1 aliphatic rings. The number of nitrogens with zero attached hydrogens (tertiary/aromatic N) is 1. The van der Waals surface area contributed by atoms with Crippen LogP contribution in [0.15, 0.2) is 53.5 Å². The molecular weight excluding hydrogens is 333 g/mol. The summed E-state index contributed by atoms with van der Waals surface area (Å²) in [6, 6.07) is 13.3. The normalized spacial score (nSPS) is 17.2. The molecule has 2 aromatic carbocycles. The summed E-state index contributed by atoms with van der Waals surface area (Å²) in [7, 11) is 0. The van der Waals surface area contributed by atoms with Crippen LogP contribution in [0.1, 0.15) is 28.8 Å². The molecule has 1 amide bonds. The Bertz CT molecular complexity index is 801. The second-order valence-electron chi connectivity index (χ2n) is 6.23. The first-order chi connectivity index (χ1) is 12.6. The number of nitrogens with one attached hydrogen (secondary N) is 2. The van der Waals surface area contributed by atoms with E-state index in [1.807, 2.05) is 31.2 Å². The van der Waals surface area contributed by atoms with E-state index in [-0.39, 0.29) is 11.7 Å². The third kappa shape index (κ3) is 4.89. The molecule has 0 aromatic heterocycles. The second kappa shape index (κ2) is 8.58. The third-order valence-corrected chi connectivity index (χ3v) is 4.19. The lowest BCUT2D eigenvalue weighted by Crippen LogP contribution is -2.37. The van der Waals surface area contributed by atoms with Gasteiger partial charge in [-0.2, -0.15) is 0 Å². The molecular formula is C20H22FN3O2. The van der Waals surface area contributed by atoms with Crippen molar-refractivity contribution in [2.45, 2.75) is 25.9 Å². The van der Waals surface area contributed by atoms with E-state index >= 15 is 0 Å². The average Bonchev–Trinajstić information content (AvgIpc) is 3.15. The van der Waals surface area contributed by atoms with Gasteiger partial charge in [-0.05, 0) is 49.6 Å². The maximum atomic E-state index is 13.4. The molecule has 1 saturated heterocycles. The van der Waals surface area contributed by atoms with Gasteiger partial charge in [0.05, 0.1) is 12.6 Å². The molecule has 2 N–H and O–H groups in total. The summed E-state index contributed by atoms with van der Waals surface area (Å²) < 4.78 is 19.0. The van der Waals surface area contributed by atoms with Crippen LogP contribution < -0.4 is 10.6 Å². The molecule has 1 atom stereocenters. The summed E-state index contributed by atoms with van der Waals surface area (Å²) in [4.78, 5) is 16.9. The predicted octanol–water partition coefficient (Wildman–Crippen LogP) is 3.51. The minimum Gasteiger partial charge on any atom is -0.376 e. The number of guanidine groups is 1. The summed E-state index contributed by atoms with van der Waals surface area (Å²) in [5.74, 6) is -0.553. The highest BCUT2D eigenvalue weighted by atomic mass is 19.1. The maximum Gasteiger partial charge on any atom is 0.258 e. The molecule has 136 valence electrons. The first kappa shape index (κ1) is 18.1. The molecule has 6 heteroatoms. The Kier molecular flexibility index (Phi) is 5.96. The van der Waals surface area contributed by atoms with Crippen molar-refractivity contribution in [2.75, 3.05) is 18.5 Å². The molecule has 1 heterocycles. The fourth-order valence-electron chi connectivity index (χ4n) is 2.74. The lowest BCUT2D eigenvalue weighted by molar-refractivity contribution is 0.0975. The van der Waals surface area contributed by atoms with Crippen LogP contribution in [0.2, 0.25) is 0 Å². The Morgan fingerprint density at radius 3 is 2.85 bits per heavy atom. The number of ether oxygens (including phenoxy) is 1. The van der Waals surface area contributed by atoms with Crippen LogP contribution in [0.25, 0.3) is 0 Å². The van der Waals surface area contributed by atoms with Crippen molar-refractivity contribution in [3.63, 3.8) is 0 Å². The monoisotopic (exact) mass is 355 g/mol. The Morgan fingerprint density at radius 1 is 1.27 bits per heavy atom. The van der Waals surface area contributed by atoms with E-state index in [4.69, 9.17) is 4.74 Å². The topological polar surface area (TPSA) is 62.7 Å². The van der Waals surface area contributed by atoms with E-state index in [9.17, 15) is 9.18 Å². The van der Waals surface area contributed by atoms with Gasteiger partial charge in [0.1, 0.15) is 5.82 Å². The van der Waals surface area contributed by atoms with Gasteiger partial charge >= 0.3 is 0 Å². The average molecular weight is 355 g/mol. The van der Waals surface area contributed by atoms with Crippen LogP contribution in [-0.4, -0.2) is 31.1 Å².